The van der Waals surface area contributed by atoms with Crippen LogP contribution in [-0.4, -0.2) is 54.6 Å². The second kappa shape index (κ2) is 12.3. The van der Waals surface area contributed by atoms with Gasteiger partial charge in [-0.3, -0.25) is 9.69 Å². The summed E-state index contributed by atoms with van der Waals surface area (Å²) < 4.78 is 6.04. The SMILES string of the molecule is Cc1cc(N(C)C(=O)C2CCC(Oc3ccnc(C#N)c3)CC2)ccc1CN1CCN[C@@H](C)C1.Cl. The average Bonchev–Trinajstić information content (AvgIpc) is 2.85. The van der Waals surface area contributed by atoms with Crippen molar-refractivity contribution in [3.8, 4) is 11.8 Å². The molecule has 188 valence electrons. The molecule has 0 unspecified atom stereocenters. The van der Waals surface area contributed by atoms with E-state index in [-0.39, 0.29) is 30.3 Å². The van der Waals surface area contributed by atoms with Crippen molar-refractivity contribution in [1.29, 1.82) is 5.26 Å². The van der Waals surface area contributed by atoms with Crippen molar-refractivity contribution in [3.05, 3.63) is 53.3 Å². The Balaban J connectivity index is 0.00000342. The molecule has 35 heavy (non-hydrogen) atoms. The Morgan fingerprint density at radius 3 is 2.71 bits per heavy atom. The van der Waals surface area contributed by atoms with Crippen LogP contribution in [0.1, 0.15) is 49.4 Å². The van der Waals surface area contributed by atoms with Crippen molar-refractivity contribution in [2.75, 3.05) is 31.6 Å². The summed E-state index contributed by atoms with van der Waals surface area (Å²) in [5.74, 6) is 0.862. The number of carbonyl (C=O) groups excluding carboxylic acids is 1. The zero-order valence-electron chi connectivity index (χ0n) is 20.9. The lowest BCUT2D eigenvalue weighted by Crippen LogP contribution is -2.48. The minimum absolute atomic E-state index is 0. The number of aromatic nitrogens is 1. The van der Waals surface area contributed by atoms with Crippen LogP contribution in [0.15, 0.2) is 36.5 Å². The maximum Gasteiger partial charge on any atom is 0.229 e. The first-order valence-electron chi connectivity index (χ1n) is 12.3. The first kappa shape index (κ1) is 26.9. The van der Waals surface area contributed by atoms with E-state index >= 15 is 0 Å². The number of anilines is 1. The Labute approximate surface area is 214 Å². The van der Waals surface area contributed by atoms with Crippen molar-refractivity contribution >= 4 is 24.0 Å². The molecule has 7 nitrogen and oxygen atoms in total. The Kier molecular flexibility index (Phi) is 9.50. The predicted molar refractivity (Wildman–Crippen MR) is 140 cm³/mol. The zero-order valence-corrected chi connectivity index (χ0v) is 21.7. The van der Waals surface area contributed by atoms with Crippen molar-refractivity contribution < 1.29 is 9.53 Å². The van der Waals surface area contributed by atoms with Crippen molar-refractivity contribution in [3.63, 3.8) is 0 Å². The van der Waals surface area contributed by atoms with Crippen LogP contribution >= 0.6 is 12.4 Å². The molecule has 1 saturated carbocycles. The van der Waals surface area contributed by atoms with Gasteiger partial charge in [0.25, 0.3) is 0 Å². The molecule has 1 aromatic carbocycles. The number of hydrogen-bond acceptors (Lipinski definition) is 6. The van der Waals surface area contributed by atoms with E-state index in [0.717, 1.165) is 57.5 Å². The molecule has 2 aliphatic rings. The minimum Gasteiger partial charge on any atom is -0.490 e. The number of aryl methyl sites for hydroxylation is 1. The molecule has 2 heterocycles. The van der Waals surface area contributed by atoms with E-state index in [1.54, 1.807) is 18.3 Å². The third-order valence-corrected chi connectivity index (χ3v) is 7.06. The number of ether oxygens (including phenoxy) is 1. The number of nitrogens with one attached hydrogen (secondary N) is 1. The first-order valence-corrected chi connectivity index (χ1v) is 12.3. The molecule has 1 aromatic heterocycles. The summed E-state index contributed by atoms with van der Waals surface area (Å²) in [6.07, 6.45) is 4.93. The first-order chi connectivity index (χ1) is 16.4. The summed E-state index contributed by atoms with van der Waals surface area (Å²) in [5.41, 5.74) is 3.87. The maximum absolute atomic E-state index is 13.2. The van der Waals surface area contributed by atoms with Crippen LogP contribution < -0.4 is 15.0 Å². The molecule has 1 N–H and O–H groups in total. The van der Waals surface area contributed by atoms with E-state index in [9.17, 15) is 4.79 Å². The quantitative estimate of drug-likeness (QED) is 0.647. The number of nitrogens with zero attached hydrogens (tertiary/aromatic N) is 4. The Morgan fingerprint density at radius 2 is 2.03 bits per heavy atom. The number of hydrogen-bond donors (Lipinski definition) is 1. The number of pyridine rings is 1. The third-order valence-electron chi connectivity index (χ3n) is 7.06. The lowest BCUT2D eigenvalue weighted by Gasteiger charge is -2.32. The van der Waals surface area contributed by atoms with Gasteiger partial charge in [0.1, 0.15) is 17.5 Å². The van der Waals surface area contributed by atoms with E-state index in [2.05, 4.69) is 47.2 Å². The Hall–Kier alpha value is -2.66. The molecule has 1 saturated heterocycles. The molecule has 0 spiro atoms. The third kappa shape index (κ3) is 6.94. The van der Waals surface area contributed by atoms with Gasteiger partial charge in [-0.05, 0) is 68.9 Å². The van der Waals surface area contributed by atoms with Crippen LogP contribution in [0.3, 0.4) is 0 Å². The number of carbonyl (C=O) groups is 1. The number of amides is 1. The van der Waals surface area contributed by atoms with Gasteiger partial charge in [0.15, 0.2) is 0 Å². The second-order valence-corrected chi connectivity index (χ2v) is 9.68. The summed E-state index contributed by atoms with van der Waals surface area (Å²) in [6, 6.07) is 12.4. The lowest BCUT2D eigenvalue weighted by molar-refractivity contribution is -0.123. The second-order valence-electron chi connectivity index (χ2n) is 9.68. The largest absolute Gasteiger partial charge is 0.490 e. The Morgan fingerprint density at radius 1 is 1.26 bits per heavy atom. The fraction of sp³-hybridized carbons (Fsp3) is 0.519. The number of nitriles is 1. The number of rotatable bonds is 6. The van der Waals surface area contributed by atoms with Crippen molar-refractivity contribution in [2.45, 2.75) is 58.2 Å². The van der Waals surface area contributed by atoms with Crippen molar-refractivity contribution in [1.82, 2.24) is 15.2 Å². The van der Waals surface area contributed by atoms with Crippen LogP contribution in [0, 0.1) is 24.2 Å². The summed E-state index contributed by atoms with van der Waals surface area (Å²) in [7, 11) is 1.89. The molecule has 0 radical (unpaired) electrons. The van der Waals surface area contributed by atoms with E-state index in [0.29, 0.717) is 17.5 Å². The van der Waals surface area contributed by atoms with Crippen LogP contribution in [0.2, 0.25) is 0 Å². The molecule has 1 aliphatic heterocycles. The van der Waals surface area contributed by atoms with Gasteiger partial charge in [-0.15, -0.1) is 12.4 Å². The molecular weight excluding hydrogens is 462 g/mol. The number of piperazine rings is 1. The van der Waals surface area contributed by atoms with E-state index < -0.39 is 0 Å². The standard InChI is InChI=1S/C27H35N5O2.ClH/c1-19-14-24(7-4-22(19)18-32-13-12-29-20(2)17-32)31(3)27(33)21-5-8-25(9-6-21)34-26-10-11-30-23(15-26)16-28;/h4,7,10-11,14-15,20-21,25,29H,5-6,8-9,12-13,17-18H2,1-3H3;1H/t20-,21?,25?;/m0./s1. The number of benzene rings is 1. The molecule has 2 fully saturated rings. The lowest BCUT2D eigenvalue weighted by atomic mass is 9.86. The molecule has 1 amide bonds. The maximum atomic E-state index is 13.2. The van der Waals surface area contributed by atoms with Gasteiger partial charge < -0.3 is 15.0 Å². The fourth-order valence-corrected chi connectivity index (χ4v) is 5.03. The summed E-state index contributed by atoms with van der Waals surface area (Å²) in [6.45, 7) is 8.48. The molecule has 8 heteroatoms. The highest BCUT2D eigenvalue weighted by atomic mass is 35.5. The monoisotopic (exact) mass is 497 g/mol. The number of halogens is 1. The van der Waals surface area contributed by atoms with Crippen LogP contribution in [0.4, 0.5) is 5.69 Å². The summed E-state index contributed by atoms with van der Waals surface area (Å²) >= 11 is 0. The molecular formula is C27H36ClN5O2. The predicted octanol–water partition coefficient (Wildman–Crippen LogP) is 4.08. The van der Waals surface area contributed by atoms with Crippen molar-refractivity contribution in [2.24, 2.45) is 5.92 Å². The van der Waals surface area contributed by atoms with Gasteiger partial charge in [-0.25, -0.2) is 4.98 Å². The van der Waals surface area contributed by atoms with Gasteiger partial charge >= 0.3 is 0 Å². The van der Waals surface area contributed by atoms with Gasteiger partial charge in [0.2, 0.25) is 5.91 Å². The van der Waals surface area contributed by atoms with Crippen LogP contribution in [0.25, 0.3) is 0 Å². The van der Waals surface area contributed by atoms with Crippen LogP contribution in [-0.2, 0) is 11.3 Å². The van der Waals surface area contributed by atoms with E-state index in [4.69, 9.17) is 10.00 Å². The van der Waals surface area contributed by atoms with Gasteiger partial charge in [0.05, 0.1) is 6.10 Å². The molecule has 1 atom stereocenters. The average molecular weight is 498 g/mol. The fourth-order valence-electron chi connectivity index (χ4n) is 5.03. The molecule has 0 bridgehead atoms. The molecule has 1 aliphatic carbocycles. The summed E-state index contributed by atoms with van der Waals surface area (Å²) in [4.78, 5) is 21.5. The zero-order chi connectivity index (χ0) is 24.1. The normalized spacial score (nSPS) is 22.5. The van der Waals surface area contributed by atoms with Gasteiger partial charge in [-0.1, -0.05) is 6.07 Å². The highest BCUT2D eigenvalue weighted by Gasteiger charge is 2.30. The highest BCUT2D eigenvalue weighted by Crippen LogP contribution is 2.30. The molecule has 4 rings (SSSR count). The molecule has 2 aromatic rings. The van der Waals surface area contributed by atoms with Gasteiger partial charge in [-0.2, -0.15) is 5.26 Å². The minimum atomic E-state index is 0. The highest BCUT2D eigenvalue weighted by molar-refractivity contribution is 5.94. The van der Waals surface area contributed by atoms with Gasteiger partial charge in [0, 0.05) is 63.1 Å². The van der Waals surface area contributed by atoms with E-state index in [1.165, 1.54) is 11.1 Å². The topological polar surface area (TPSA) is 81.5 Å². The Bertz CT molecular complexity index is 1050. The van der Waals surface area contributed by atoms with Crippen LogP contribution in [0.5, 0.6) is 5.75 Å². The van der Waals surface area contributed by atoms with E-state index in [1.807, 2.05) is 18.0 Å². The smallest absolute Gasteiger partial charge is 0.229 e. The summed E-state index contributed by atoms with van der Waals surface area (Å²) in [5, 5.41) is 12.5.